The number of unbranched alkanes of at least 4 members (excludes halogenated alkanes) is 2. The number of allylic oxidation sites excluding steroid dienone is 1. The van der Waals surface area contributed by atoms with E-state index in [1.165, 1.54) is 29.6 Å². The molecule has 28 heavy (non-hydrogen) atoms. The molecule has 0 aromatic heterocycles. The minimum atomic E-state index is -0.712. The Morgan fingerprint density at radius 1 is 1.32 bits per heavy atom. The fraction of sp³-hybridized carbons (Fsp3) is 0.520. The zero-order valence-electron chi connectivity index (χ0n) is 17.1. The topological polar surface area (TPSA) is 57.5 Å². The van der Waals surface area contributed by atoms with E-state index in [1.54, 1.807) is 0 Å². The van der Waals surface area contributed by atoms with E-state index < -0.39 is 12.1 Å². The first kappa shape index (κ1) is 22.2. The van der Waals surface area contributed by atoms with Gasteiger partial charge in [0, 0.05) is 12.8 Å². The molecule has 152 valence electrons. The summed E-state index contributed by atoms with van der Waals surface area (Å²) in [4.78, 5) is 10.5. The summed E-state index contributed by atoms with van der Waals surface area (Å²) in [5.74, 6) is -0.218. The lowest BCUT2D eigenvalue weighted by atomic mass is 9.92. The Bertz CT molecular complexity index is 725. The molecule has 3 heteroatoms. The smallest absolute Gasteiger partial charge is 0.303 e. The van der Waals surface area contributed by atoms with Crippen molar-refractivity contribution in [1.29, 1.82) is 0 Å². The van der Waals surface area contributed by atoms with Crippen LogP contribution in [0.2, 0.25) is 0 Å². The Balaban J connectivity index is 1.81. The van der Waals surface area contributed by atoms with Crippen molar-refractivity contribution >= 4 is 5.97 Å². The highest BCUT2D eigenvalue weighted by atomic mass is 16.4. The first-order valence-corrected chi connectivity index (χ1v) is 10.5. The molecule has 0 unspecified atom stereocenters. The number of aryl methyl sites for hydroxylation is 1. The Kier molecular flexibility index (Phi) is 9.27. The van der Waals surface area contributed by atoms with Crippen LogP contribution in [0.1, 0.15) is 68.9 Å². The number of benzene rings is 1. The number of aliphatic carboxylic acids is 1. The minimum Gasteiger partial charge on any atom is -0.481 e. The number of carboxylic acid groups (broad SMARTS) is 1. The fourth-order valence-corrected chi connectivity index (χ4v) is 3.95. The normalized spacial score (nSPS) is 17.2. The summed E-state index contributed by atoms with van der Waals surface area (Å²) in [7, 11) is 0. The zero-order valence-corrected chi connectivity index (χ0v) is 17.1. The van der Waals surface area contributed by atoms with Gasteiger partial charge in [0.2, 0.25) is 0 Å². The predicted molar refractivity (Wildman–Crippen MR) is 114 cm³/mol. The molecule has 0 saturated heterocycles. The van der Waals surface area contributed by atoms with Crippen molar-refractivity contribution in [3.05, 3.63) is 64.9 Å². The van der Waals surface area contributed by atoms with Gasteiger partial charge in [-0.2, -0.15) is 0 Å². The second kappa shape index (κ2) is 11.7. The summed E-state index contributed by atoms with van der Waals surface area (Å²) >= 11 is 0. The number of hydrogen-bond acceptors (Lipinski definition) is 2. The van der Waals surface area contributed by atoms with Crippen LogP contribution in [0.5, 0.6) is 0 Å². The van der Waals surface area contributed by atoms with Crippen molar-refractivity contribution in [2.45, 2.75) is 77.2 Å². The molecule has 1 aromatic rings. The Morgan fingerprint density at radius 3 is 2.86 bits per heavy atom. The van der Waals surface area contributed by atoms with Crippen molar-refractivity contribution < 1.29 is 15.0 Å². The molecule has 1 aliphatic rings. The van der Waals surface area contributed by atoms with Gasteiger partial charge in [-0.25, -0.2) is 0 Å². The first-order chi connectivity index (χ1) is 13.4. The lowest BCUT2D eigenvalue weighted by Gasteiger charge is -2.13. The summed E-state index contributed by atoms with van der Waals surface area (Å²) < 4.78 is 0. The number of carbonyl (C=O) groups is 1. The molecule has 3 nitrogen and oxygen atoms in total. The van der Waals surface area contributed by atoms with Gasteiger partial charge in [-0.1, -0.05) is 48.4 Å². The lowest BCUT2D eigenvalue weighted by Crippen LogP contribution is -2.06. The van der Waals surface area contributed by atoms with Gasteiger partial charge in [-0.3, -0.25) is 4.79 Å². The van der Waals surface area contributed by atoms with Crippen molar-refractivity contribution in [2.24, 2.45) is 5.92 Å². The second-order valence-electron chi connectivity index (χ2n) is 8.09. The summed E-state index contributed by atoms with van der Waals surface area (Å²) in [5, 5.41) is 19.0. The molecule has 1 aromatic carbocycles. The van der Waals surface area contributed by atoms with Gasteiger partial charge >= 0.3 is 5.97 Å². The van der Waals surface area contributed by atoms with E-state index in [-0.39, 0.29) is 6.42 Å². The zero-order chi connectivity index (χ0) is 20.4. The van der Waals surface area contributed by atoms with E-state index in [1.807, 2.05) is 12.1 Å². The molecule has 2 atom stereocenters. The highest BCUT2D eigenvalue weighted by molar-refractivity contribution is 5.66. The molecule has 0 bridgehead atoms. The number of rotatable bonds is 11. The standard InChI is InChI=1S/C25H34O3/c1-19-9-6-10-21(16-19)18-24(26)15-14-22-11-7-12-23(22)17-20(2)8-4-3-5-13-25(27)28/h6,9-10,15-16,23-24,26H,2-5,7-8,11-13,17-18H2,1H3,(H,27,28)/t14?,23-,24+/m1/s1. The van der Waals surface area contributed by atoms with Crippen LogP contribution in [0.3, 0.4) is 0 Å². The van der Waals surface area contributed by atoms with Crippen molar-refractivity contribution in [3.63, 3.8) is 0 Å². The van der Waals surface area contributed by atoms with Crippen LogP contribution in [0.4, 0.5) is 0 Å². The van der Waals surface area contributed by atoms with E-state index in [0.29, 0.717) is 12.3 Å². The second-order valence-corrected chi connectivity index (χ2v) is 8.09. The predicted octanol–water partition coefficient (Wildman–Crippen LogP) is 5.76. The van der Waals surface area contributed by atoms with Gasteiger partial charge in [-0.15, -0.1) is 5.73 Å². The maximum Gasteiger partial charge on any atom is 0.303 e. The van der Waals surface area contributed by atoms with Crippen LogP contribution in [-0.4, -0.2) is 22.3 Å². The number of hydrogen-bond donors (Lipinski definition) is 2. The maximum atomic E-state index is 10.5. The quantitative estimate of drug-likeness (QED) is 0.290. The van der Waals surface area contributed by atoms with Crippen LogP contribution in [-0.2, 0) is 11.2 Å². The highest BCUT2D eigenvalue weighted by Gasteiger charge is 2.21. The number of carboxylic acids is 1. The van der Waals surface area contributed by atoms with Crippen molar-refractivity contribution in [2.75, 3.05) is 0 Å². The number of aliphatic hydroxyl groups is 1. The summed E-state index contributed by atoms with van der Waals surface area (Å²) in [5.41, 5.74) is 8.32. The third-order valence-corrected chi connectivity index (χ3v) is 5.44. The molecule has 2 N–H and O–H groups in total. The molecule has 0 heterocycles. The molecular weight excluding hydrogens is 348 g/mol. The molecule has 1 aliphatic carbocycles. The molecule has 1 saturated carbocycles. The van der Waals surface area contributed by atoms with Crippen LogP contribution in [0.25, 0.3) is 0 Å². The Morgan fingerprint density at radius 2 is 2.11 bits per heavy atom. The summed E-state index contributed by atoms with van der Waals surface area (Å²) in [6.07, 6.45) is 10.3. The highest BCUT2D eigenvalue weighted by Crippen LogP contribution is 2.35. The summed E-state index contributed by atoms with van der Waals surface area (Å²) in [6.45, 7) is 6.29. The van der Waals surface area contributed by atoms with E-state index in [2.05, 4.69) is 37.4 Å². The average Bonchev–Trinajstić information content (AvgIpc) is 3.06. The fourth-order valence-electron chi connectivity index (χ4n) is 3.95. The minimum absolute atomic E-state index is 0.262. The van der Waals surface area contributed by atoms with Crippen LogP contribution < -0.4 is 0 Å². The van der Waals surface area contributed by atoms with Crippen molar-refractivity contribution in [1.82, 2.24) is 0 Å². The molecule has 2 rings (SSSR count). The monoisotopic (exact) mass is 382 g/mol. The van der Waals surface area contributed by atoms with E-state index in [0.717, 1.165) is 44.1 Å². The average molecular weight is 383 g/mol. The van der Waals surface area contributed by atoms with Crippen LogP contribution >= 0.6 is 0 Å². The van der Waals surface area contributed by atoms with E-state index >= 15 is 0 Å². The third-order valence-electron chi connectivity index (χ3n) is 5.44. The first-order valence-electron chi connectivity index (χ1n) is 10.5. The van der Waals surface area contributed by atoms with Gasteiger partial charge in [0.15, 0.2) is 0 Å². The molecular formula is C25H34O3. The lowest BCUT2D eigenvalue weighted by molar-refractivity contribution is -0.137. The molecule has 0 aliphatic heterocycles. The molecule has 0 spiro atoms. The van der Waals surface area contributed by atoms with Crippen LogP contribution in [0, 0.1) is 12.8 Å². The molecule has 1 fully saturated rings. The molecule has 0 amide bonds. The van der Waals surface area contributed by atoms with Crippen molar-refractivity contribution in [3.8, 4) is 0 Å². The van der Waals surface area contributed by atoms with Gasteiger partial charge in [0.1, 0.15) is 0 Å². The van der Waals surface area contributed by atoms with E-state index in [4.69, 9.17) is 5.11 Å². The van der Waals surface area contributed by atoms with E-state index in [9.17, 15) is 9.90 Å². The van der Waals surface area contributed by atoms with Gasteiger partial charge < -0.3 is 10.2 Å². The molecule has 0 radical (unpaired) electrons. The Labute approximate surface area is 169 Å². The van der Waals surface area contributed by atoms with Gasteiger partial charge in [0.05, 0.1) is 6.10 Å². The van der Waals surface area contributed by atoms with Crippen LogP contribution in [0.15, 0.2) is 53.8 Å². The number of aliphatic hydroxyl groups excluding tert-OH is 1. The third kappa shape index (κ3) is 8.29. The van der Waals surface area contributed by atoms with Gasteiger partial charge in [-0.05, 0) is 75.0 Å². The largest absolute Gasteiger partial charge is 0.481 e. The van der Waals surface area contributed by atoms with Gasteiger partial charge in [0.25, 0.3) is 0 Å². The SMILES string of the molecule is C=C(CCCCCC(=O)O)C[C@H]1CCCC1=C=C[C@H](O)Cc1cccc(C)c1. The Hall–Kier alpha value is -2.09. The maximum absolute atomic E-state index is 10.5. The summed E-state index contributed by atoms with van der Waals surface area (Å²) in [6, 6.07) is 8.26.